The second-order valence-corrected chi connectivity index (χ2v) is 4.43. The smallest absolute Gasteiger partial charge is 0.239 e. The minimum Gasteiger partial charge on any atom is -0.378 e. The molecule has 0 bridgehead atoms. The average molecular weight is 255 g/mol. The monoisotopic (exact) mass is 254 g/mol. The molecule has 1 aromatic carbocycles. The summed E-state index contributed by atoms with van der Waals surface area (Å²) in [7, 11) is 3.95. The molecule has 0 fully saturated rings. The number of nitrogens with zero attached hydrogens (tertiary/aromatic N) is 1. The van der Waals surface area contributed by atoms with E-state index in [1.165, 1.54) is 0 Å². The molecule has 17 heavy (non-hydrogen) atoms. The van der Waals surface area contributed by atoms with Gasteiger partial charge in [0.2, 0.25) is 5.91 Å². The standard InChI is InChI=1S/C13H19ClN2O/c1-4-5-10-6-7-11(16(2)3)8-12(10)15-13(17)9-14/h6-8H,4-5,9H2,1-3H3,(H,15,17). The topological polar surface area (TPSA) is 32.3 Å². The molecule has 0 heterocycles. The first kappa shape index (κ1) is 13.8. The van der Waals surface area contributed by atoms with Gasteiger partial charge in [0, 0.05) is 25.5 Å². The minimum absolute atomic E-state index is 0.0161. The maximum atomic E-state index is 11.4. The second kappa shape index (κ2) is 6.50. The molecular formula is C13H19ClN2O. The van der Waals surface area contributed by atoms with E-state index in [4.69, 9.17) is 11.6 Å². The highest BCUT2D eigenvalue weighted by atomic mass is 35.5. The lowest BCUT2D eigenvalue weighted by atomic mass is 10.1. The van der Waals surface area contributed by atoms with Gasteiger partial charge in [0.25, 0.3) is 0 Å². The quantitative estimate of drug-likeness (QED) is 0.820. The maximum Gasteiger partial charge on any atom is 0.239 e. The number of nitrogens with one attached hydrogen (secondary N) is 1. The Hall–Kier alpha value is -1.22. The van der Waals surface area contributed by atoms with E-state index in [0.29, 0.717) is 0 Å². The van der Waals surface area contributed by atoms with Gasteiger partial charge in [0.05, 0.1) is 0 Å². The Kier molecular flexibility index (Phi) is 5.29. The fourth-order valence-corrected chi connectivity index (χ4v) is 1.70. The molecule has 1 N–H and O–H groups in total. The number of benzene rings is 1. The van der Waals surface area contributed by atoms with Gasteiger partial charge in [0.15, 0.2) is 0 Å². The summed E-state index contributed by atoms with van der Waals surface area (Å²) in [6, 6.07) is 6.10. The van der Waals surface area contributed by atoms with Crippen LogP contribution in [0, 0.1) is 0 Å². The Bertz CT molecular complexity index is 391. The zero-order valence-electron chi connectivity index (χ0n) is 10.6. The molecule has 94 valence electrons. The molecule has 0 radical (unpaired) electrons. The fraction of sp³-hybridized carbons (Fsp3) is 0.462. The number of amides is 1. The lowest BCUT2D eigenvalue weighted by Crippen LogP contribution is -2.15. The van der Waals surface area contributed by atoms with E-state index in [1.54, 1.807) is 0 Å². The first-order chi connectivity index (χ1) is 8.08. The Morgan fingerprint density at radius 1 is 1.41 bits per heavy atom. The molecule has 0 unspecified atom stereocenters. The SMILES string of the molecule is CCCc1ccc(N(C)C)cc1NC(=O)CCl. The van der Waals surface area contributed by atoms with E-state index in [-0.39, 0.29) is 11.8 Å². The molecule has 1 rings (SSSR count). The van der Waals surface area contributed by atoms with Crippen LogP contribution in [-0.4, -0.2) is 25.9 Å². The molecule has 0 aliphatic carbocycles. The first-order valence-corrected chi connectivity index (χ1v) is 6.28. The predicted molar refractivity (Wildman–Crippen MR) is 74.1 cm³/mol. The van der Waals surface area contributed by atoms with Crippen LogP contribution < -0.4 is 10.2 Å². The van der Waals surface area contributed by atoms with Crippen molar-refractivity contribution in [3.05, 3.63) is 23.8 Å². The lowest BCUT2D eigenvalue weighted by Gasteiger charge is -2.17. The number of rotatable bonds is 5. The predicted octanol–water partition coefficient (Wildman–Crippen LogP) is 2.88. The summed E-state index contributed by atoms with van der Waals surface area (Å²) in [6.45, 7) is 2.12. The van der Waals surface area contributed by atoms with E-state index in [1.807, 2.05) is 25.1 Å². The van der Waals surface area contributed by atoms with Crippen LogP contribution in [0.4, 0.5) is 11.4 Å². The van der Waals surface area contributed by atoms with Crippen LogP contribution in [0.2, 0.25) is 0 Å². The summed E-state index contributed by atoms with van der Waals surface area (Å²) in [6.07, 6.45) is 2.00. The van der Waals surface area contributed by atoms with Gasteiger partial charge in [0.1, 0.15) is 5.88 Å². The van der Waals surface area contributed by atoms with Crippen LogP contribution in [0.1, 0.15) is 18.9 Å². The van der Waals surface area contributed by atoms with E-state index in [0.717, 1.165) is 29.8 Å². The van der Waals surface area contributed by atoms with Crippen molar-refractivity contribution in [2.75, 3.05) is 30.2 Å². The van der Waals surface area contributed by atoms with Crippen molar-refractivity contribution in [1.29, 1.82) is 0 Å². The molecule has 1 amide bonds. The number of carbonyl (C=O) groups excluding carboxylic acids is 1. The molecule has 0 atom stereocenters. The Labute approximate surface area is 108 Å². The van der Waals surface area contributed by atoms with Crippen LogP contribution in [-0.2, 0) is 11.2 Å². The van der Waals surface area contributed by atoms with Crippen LogP contribution >= 0.6 is 11.6 Å². The summed E-state index contributed by atoms with van der Waals surface area (Å²) in [5, 5.41) is 2.84. The van der Waals surface area contributed by atoms with Crippen LogP contribution in [0.3, 0.4) is 0 Å². The van der Waals surface area contributed by atoms with E-state index >= 15 is 0 Å². The van der Waals surface area contributed by atoms with Gasteiger partial charge in [-0.15, -0.1) is 11.6 Å². The molecule has 0 aliphatic heterocycles. The third-order valence-corrected chi connectivity index (χ3v) is 2.77. The molecule has 0 aromatic heterocycles. The molecule has 4 heteroatoms. The molecule has 0 saturated carbocycles. The minimum atomic E-state index is -0.167. The number of hydrogen-bond donors (Lipinski definition) is 1. The number of carbonyl (C=O) groups is 1. The van der Waals surface area contributed by atoms with E-state index in [2.05, 4.69) is 24.4 Å². The number of aryl methyl sites for hydroxylation is 1. The number of alkyl halides is 1. The number of anilines is 2. The molecule has 1 aromatic rings. The zero-order valence-corrected chi connectivity index (χ0v) is 11.3. The molecule has 0 aliphatic rings. The Balaban J connectivity index is 3.02. The van der Waals surface area contributed by atoms with Crippen LogP contribution in [0.5, 0.6) is 0 Å². The highest BCUT2D eigenvalue weighted by Gasteiger charge is 2.07. The summed E-state index contributed by atoms with van der Waals surface area (Å²) in [5.41, 5.74) is 3.08. The highest BCUT2D eigenvalue weighted by Crippen LogP contribution is 2.24. The van der Waals surface area contributed by atoms with Gasteiger partial charge >= 0.3 is 0 Å². The second-order valence-electron chi connectivity index (χ2n) is 4.17. The van der Waals surface area contributed by atoms with Gasteiger partial charge in [-0.3, -0.25) is 4.79 Å². The Morgan fingerprint density at radius 3 is 2.65 bits per heavy atom. The van der Waals surface area contributed by atoms with Gasteiger partial charge in [-0.05, 0) is 24.1 Å². The summed E-state index contributed by atoms with van der Waals surface area (Å²) in [4.78, 5) is 13.4. The number of halogens is 1. The molecule has 0 saturated heterocycles. The lowest BCUT2D eigenvalue weighted by molar-refractivity contribution is -0.113. The van der Waals surface area contributed by atoms with Crippen LogP contribution in [0.25, 0.3) is 0 Å². The largest absolute Gasteiger partial charge is 0.378 e. The zero-order chi connectivity index (χ0) is 12.8. The summed E-state index contributed by atoms with van der Waals surface area (Å²) in [5.74, 6) is -0.183. The fourth-order valence-electron chi connectivity index (χ4n) is 1.63. The van der Waals surface area contributed by atoms with Crippen molar-refractivity contribution in [2.24, 2.45) is 0 Å². The maximum absolute atomic E-state index is 11.4. The molecular weight excluding hydrogens is 236 g/mol. The average Bonchev–Trinajstić information content (AvgIpc) is 2.31. The van der Waals surface area contributed by atoms with Crippen molar-refractivity contribution >= 4 is 28.9 Å². The number of hydrogen-bond acceptors (Lipinski definition) is 2. The van der Waals surface area contributed by atoms with Crippen LogP contribution in [0.15, 0.2) is 18.2 Å². The van der Waals surface area contributed by atoms with Crippen molar-refractivity contribution < 1.29 is 4.79 Å². The van der Waals surface area contributed by atoms with E-state index < -0.39 is 0 Å². The van der Waals surface area contributed by atoms with Gasteiger partial charge in [-0.1, -0.05) is 19.4 Å². The van der Waals surface area contributed by atoms with Crippen molar-refractivity contribution in [3.8, 4) is 0 Å². The van der Waals surface area contributed by atoms with Gasteiger partial charge in [-0.2, -0.15) is 0 Å². The third-order valence-electron chi connectivity index (χ3n) is 2.52. The molecule has 3 nitrogen and oxygen atoms in total. The van der Waals surface area contributed by atoms with Gasteiger partial charge < -0.3 is 10.2 Å². The first-order valence-electron chi connectivity index (χ1n) is 5.74. The summed E-state index contributed by atoms with van der Waals surface area (Å²) < 4.78 is 0. The third kappa shape index (κ3) is 3.93. The van der Waals surface area contributed by atoms with E-state index in [9.17, 15) is 4.79 Å². The van der Waals surface area contributed by atoms with Crippen molar-refractivity contribution in [1.82, 2.24) is 0 Å². The van der Waals surface area contributed by atoms with Crippen molar-refractivity contribution in [3.63, 3.8) is 0 Å². The highest BCUT2D eigenvalue weighted by molar-refractivity contribution is 6.29. The normalized spacial score (nSPS) is 10.1. The summed E-state index contributed by atoms with van der Waals surface area (Å²) >= 11 is 5.51. The van der Waals surface area contributed by atoms with Gasteiger partial charge in [-0.25, -0.2) is 0 Å². The van der Waals surface area contributed by atoms with Crippen molar-refractivity contribution in [2.45, 2.75) is 19.8 Å². The molecule has 0 spiro atoms. The Morgan fingerprint density at radius 2 is 2.12 bits per heavy atom.